The molecule has 0 bridgehead atoms. The van der Waals surface area contributed by atoms with Gasteiger partial charge in [0.05, 0.1) is 0 Å². The number of fused-ring (bicyclic) bond motifs is 1. The topological polar surface area (TPSA) is 139 Å². The highest BCUT2D eigenvalue weighted by molar-refractivity contribution is 8.00. The van der Waals surface area contributed by atoms with E-state index < -0.39 is 41.2 Å². The van der Waals surface area contributed by atoms with E-state index in [-0.39, 0.29) is 5.70 Å². The molecule has 0 spiro atoms. The van der Waals surface area contributed by atoms with Crippen LogP contribution in [0.25, 0.3) is 0 Å². The van der Waals surface area contributed by atoms with Gasteiger partial charge in [0.2, 0.25) is 5.91 Å². The third kappa shape index (κ3) is 3.60. The number of hydrogen-bond donors (Lipinski definition) is 3. The second-order valence-electron chi connectivity index (χ2n) is 6.47. The summed E-state index contributed by atoms with van der Waals surface area (Å²) in [5.41, 5.74) is 7.04. The summed E-state index contributed by atoms with van der Waals surface area (Å²) in [6, 6.07) is 4.29. The van der Waals surface area contributed by atoms with Gasteiger partial charge in [-0.25, -0.2) is 4.79 Å². The number of carbonyl (C=O) groups is 4. The molecule has 0 aromatic heterocycles. The summed E-state index contributed by atoms with van der Waals surface area (Å²) in [7, 11) is 0. The van der Waals surface area contributed by atoms with Crippen molar-refractivity contribution in [1.82, 2.24) is 10.2 Å². The van der Waals surface area contributed by atoms with Gasteiger partial charge in [0.25, 0.3) is 5.91 Å². The first-order valence-corrected chi connectivity index (χ1v) is 9.47. The van der Waals surface area contributed by atoms with Gasteiger partial charge >= 0.3 is 11.9 Å². The van der Waals surface area contributed by atoms with E-state index in [1.807, 2.05) is 0 Å². The summed E-state index contributed by atoms with van der Waals surface area (Å²) in [5.74, 6) is -1.85. The minimum Gasteiger partial charge on any atom is -0.477 e. The number of carboxylic acid groups (broad SMARTS) is 1. The monoisotopic (exact) mass is 405 g/mol. The fraction of sp³-hybridized carbons (Fsp3) is 0.333. The highest BCUT2D eigenvalue weighted by Crippen LogP contribution is 2.40. The van der Waals surface area contributed by atoms with Gasteiger partial charge in [-0.05, 0) is 30.2 Å². The Bertz CT molecular complexity index is 882. The molecule has 9 nitrogen and oxygen atoms in total. The molecule has 0 saturated carbocycles. The standard InChI is InChI=1S/C18H19N3O6S/c1-8-7-28-17-13(16(24)21(17)14(8)18(25)26)20-15(23)12(19)10-3-5-11(6-4-10)27-9(2)22/h3-6,12-13,17H,7,19H2,1-2H3,(H,20,23)(H,25,26)/t12-,13-,17-/m1/s1. The zero-order valence-electron chi connectivity index (χ0n) is 15.2. The van der Waals surface area contributed by atoms with Crippen LogP contribution in [0.2, 0.25) is 0 Å². The van der Waals surface area contributed by atoms with E-state index in [0.29, 0.717) is 22.6 Å². The van der Waals surface area contributed by atoms with E-state index >= 15 is 0 Å². The van der Waals surface area contributed by atoms with Crippen LogP contribution in [0.1, 0.15) is 25.5 Å². The Balaban J connectivity index is 1.66. The molecule has 0 aliphatic carbocycles. The number of thioether (sulfide) groups is 1. The number of nitrogens with one attached hydrogen (secondary N) is 1. The van der Waals surface area contributed by atoms with Crippen molar-refractivity contribution in [2.45, 2.75) is 31.3 Å². The molecule has 0 radical (unpaired) electrons. The minimum absolute atomic E-state index is 0.0235. The predicted octanol–water partition coefficient (Wildman–Crippen LogP) is 0.370. The van der Waals surface area contributed by atoms with E-state index in [9.17, 15) is 24.3 Å². The zero-order valence-corrected chi connectivity index (χ0v) is 16.0. The lowest BCUT2D eigenvalue weighted by molar-refractivity contribution is -0.150. The molecule has 4 N–H and O–H groups in total. The minimum atomic E-state index is -1.16. The van der Waals surface area contributed by atoms with Crippen molar-refractivity contribution in [3.8, 4) is 5.75 Å². The zero-order chi connectivity index (χ0) is 20.6. The first-order chi connectivity index (χ1) is 13.2. The summed E-state index contributed by atoms with van der Waals surface area (Å²) >= 11 is 1.39. The number of hydrogen-bond acceptors (Lipinski definition) is 7. The lowest BCUT2D eigenvalue weighted by atomic mass is 10.0. The Morgan fingerprint density at radius 3 is 2.54 bits per heavy atom. The number of aliphatic carboxylic acids is 1. The smallest absolute Gasteiger partial charge is 0.352 e. The van der Waals surface area contributed by atoms with Crippen molar-refractivity contribution in [1.29, 1.82) is 0 Å². The van der Waals surface area contributed by atoms with Crippen LogP contribution in [0.5, 0.6) is 5.75 Å². The van der Waals surface area contributed by atoms with Gasteiger partial charge in [0.15, 0.2) is 0 Å². The number of ether oxygens (including phenoxy) is 1. The van der Waals surface area contributed by atoms with Gasteiger partial charge in [-0.3, -0.25) is 19.3 Å². The van der Waals surface area contributed by atoms with Gasteiger partial charge in [-0.1, -0.05) is 12.1 Å². The number of esters is 1. The van der Waals surface area contributed by atoms with Crippen LogP contribution >= 0.6 is 11.8 Å². The van der Waals surface area contributed by atoms with Gasteiger partial charge in [0.1, 0.15) is 28.9 Å². The average molecular weight is 405 g/mol. The molecule has 1 aromatic carbocycles. The lowest BCUT2D eigenvalue weighted by Crippen LogP contribution is -2.71. The van der Waals surface area contributed by atoms with Gasteiger partial charge in [-0.2, -0.15) is 0 Å². The van der Waals surface area contributed by atoms with Gasteiger partial charge < -0.3 is 20.9 Å². The molecule has 1 fully saturated rings. The highest BCUT2D eigenvalue weighted by Gasteiger charge is 2.53. The molecule has 0 unspecified atom stereocenters. The lowest BCUT2D eigenvalue weighted by Gasteiger charge is -2.49. The number of carboxylic acids is 1. The molecule has 1 aromatic rings. The quantitative estimate of drug-likeness (QED) is 0.363. The normalized spacial score (nSPS) is 22.1. The molecule has 3 rings (SSSR count). The van der Waals surface area contributed by atoms with E-state index in [1.165, 1.54) is 35.7 Å². The number of rotatable bonds is 5. The molecular formula is C18H19N3O6S. The summed E-state index contributed by atoms with van der Waals surface area (Å²) in [6.45, 7) is 2.95. The summed E-state index contributed by atoms with van der Waals surface area (Å²) in [6.07, 6.45) is 0. The Morgan fingerprint density at radius 2 is 1.96 bits per heavy atom. The number of nitrogens with zero attached hydrogens (tertiary/aromatic N) is 1. The Kier molecular flexibility index (Phi) is 5.43. The average Bonchev–Trinajstić information content (AvgIpc) is 2.65. The maximum Gasteiger partial charge on any atom is 0.352 e. The number of amides is 2. The molecule has 148 valence electrons. The first kappa shape index (κ1) is 19.9. The Labute approximate surface area is 164 Å². The van der Waals surface area contributed by atoms with Gasteiger partial charge in [-0.15, -0.1) is 11.8 Å². The molecular weight excluding hydrogens is 386 g/mol. The van der Waals surface area contributed by atoms with Crippen molar-refractivity contribution < 1.29 is 29.0 Å². The molecule has 2 aliphatic heterocycles. The molecule has 10 heteroatoms. The van der Waals surface area contributed by atoms with E-state index in [4.69, 9.17) is 10.5 Å². The predicted molar refractivity (Wildman–Crippen MR) is 100 cm³/mol. The molecule has 3 atom stereocenters. The largest absolute Gasteiger partial charge is 0.477 e. The fourth-order valence-corrected chi connectivity index (χ4v) is 4.37. The molecule has 1 saturated heterocycles. The number of nitrogens with two attached hydrogens (primary N) is 1. The van der Waals surface area contributed by atoms with Crippen molar-refractivity contribution in [3.63, 3.8) is 0 Å². The van der Waals surface area contributed by atoms with Crippen LogP contribution in [-0.2, 0) is 19.2 Å². The fourth-order valence-electron chi connectivity index (χ4n) is 3.08. The third-order valence-electron chi connectivity index (χ3n) is 4.44. The van der Waals surface area contributed by atoms with Gasteiger partial charge in [0, 0.05) is 12.7 Å². The third-order valence-corrected chi connectivity index (χ3v) is 5.87. The summed E-state index contributed by atoms with van der Waals surface area (Å²) < 4.78 is 4.93. The number of β-lactam (4-membered cyclic amide) rings is 1. The van der Waals surface area contributed by atoms with Crippen molar-refractivity contribution in [2.24, 2.45) is 5.73 Å². The molecule has 28 heavy (non-hydrogen) atoms. The van der Waals surface area contributed by atoms with Crippen LogP contribution in [0.15, 0.2) is 35.5 Å². The summed E-state index contributed by atoms with van der Waals surface area (Å²) in [5, 5.41) is 11.5. The van der Waals surface area contributed by atoms with E-state index in [0.717, 1.165) is 0 Å². The Hall–Kier alpha value is -2.85. The highest BCUT2D eigenvalue weighted by atomic mass is 32.2. The van der Waals surface area contributed by atoms with Crippen LogP contribution in [0.3, 0.4) is 0 Å². The SMILES string of the molecule is CC(=O)Oc1ccc([C@@H](N)C(=O)N[C@@H]2C(=O)N3C(C(=O)O)=C(C)CS[C@H]23)cc1. The van der Waals surface area contributed by atoms with E-state index in [2.05, 4.69) is 5.32 Å². The van der Waals surface area contributed by atoms with Crippen molar-refractivity contribution >= 4 is 35.5 Å². The van der Waals surface area contributed by atoms with Crippen molar-refractivity contribution in [3.05, 3.63) is 41.1 Å². The van der Waals surface area contributed by atoms with Crippen molar-refractivity contribution in [2.75, 3.05) is 5.75 Å². The molecule has 2 heterocycles. The van der Waals surface area contributed by atoms with E-state index in [1.54, 1.807) is 19.1 Å². The molecule has 2 aliphatic rings. The van der Waals surface area contributed by atoms with Crippen LogP contribution in [-0.4, -0.2) is 50.9 Å². The maximum absolute atomic E-state index is 12.5. The van der Waals surface area contributed by atoms with Crippen LogP contribution in [0.4, 0.5) is 0 Å². The maximum atomic E-state index is 12.5. The summed E-state index contributed by atoms with van der Waals surface area (Å²) in [4.78, 5) is 48.5. The molecule has 2 amide bonds. The second kappa shape index (κ2) is 7.64. The van der Waals surface area contributed by atoms with Crippen LogP contribution in [0, 0.1) is 0 Å². The number of benzene rings is 1. The van der Waals surface area contributed by atoms with Crippen LogP contribution < -0.4 is 15.8 Å². The second-order valence-corrected chi connectivity index (χ2v) is 7.58. The Morgan fingerprint density at radius 1 is 1.32 bits per heavy atom. The number of carbonyl (C=O) groups excluding carboxylic acids is 3. The first-order valence-electron chi connectivity index (χ1n) is 8.42.